The third-order valence-corrected chi connectivity index (χ3v) is 4.32. The topological polar surface area (TPSA) is 49.4 Å². The molecule has 0 spiro atoms. The molecule has 4 heteroatoms. The molecule has 2 fully saturated rings. The number of amides is 2. The Labute approximate surface area is 119 Å². The van der Waals surface area contributed by atoms with E-state index >= 15 is 0 Å². The number of piperazine rings is 1. The summed E-state index contributed by atoms with van der Waals surface area (Å²) in [6, 6.07) is 9.09. The molecule has 1 aromatic carbocycles. The first kappa shape index (κ1) is 13.2. The molecule has 1 heterocycles. The Morgan fingerprint density at radius 1 is 1.25 bits per heavy atom. The smallest absolute Gasteiger partial charge is 0.247 e. The fourth-order valence-electron chi connectivity index (χ4n) is 2.94. The van der Waals surface area contributed by atoms with Gasteiger partial charge in [0, 0.05) is 6.54 Å². The lowest BCUT2D eigenvalue weighted by atomic mass is 9.98. The largest absolute Gasteiger partial charge is 0.345 e. The number of hydrogen-bond acceptors (Lipinski definition) is 2. The molecule has 0 radical (unpaired) electrons. The van der Waals surface area contributed by atoms with Crippen LogP contribution in [0.2, 0.25) is 0 Å². The lowest BCUT2D eigenvalue weighted by Gasteiger charge is -2.36. The van der Waals surface area contributed by atoms with Gasteiger partial charge < -0.3 is 10.2 Å². The molecule has 20 heavy (non-hydrogen) atoms. The van der Waals surface area contributed by atoms with Crippen molar-refractivity contribution in [1.29, 1.82) is 0 Å². The summed E-state index contributed by atoms with van der Waals surface area (Å²) in [4.78, 5) is 26.2. The van der Waals surface area contributed by atoms with Gasteiger partial charge >= 0.3 is 0 Å². The minimum Gasteiger partial charge on any atom is -0.345 e. The third kappa shape index (κ3) is 2.55. The SMILES string of the molecule is CC(CN1C(=O)CNC(=O)C1c1ccccc1)C1CC1. The highest BCUT2D eigenvalue weighted by molar-refractivity contribution is 5.95. The van der Waals surface area contributed by atoms with Gasteiger partial charge in [0.2, 0.25) is 11.8 Å². The van der Waals surface area contributed by atoms with Crippen LogP contribution in [0.1, 0.15) is 31.4 Å². The second-order valence-electron chi connectivity index (χ2n) is 5.89. The van der Waals surface area contributed by atoms with Gasteiger partial charge in [0.1, 0.15) is 6.04 Å². The zero-order chi connectivity index (χ0) is 14.1. The molecule has 2 unspecified atom stereocenters. The van der Waals surface area contributed by atoms with E-state index in [0.717, 1.165) is 11.5 Å². The molecule has 1 saturated heterocycles. The van der Waals surface area contributed by atoms with Crippen molar-refractivity contribution >= 4 is 11.8 Å². The summed E-state index contributed by atoms with van der Waals surface area (Å²) in [5.74, 6) is 1.14. The summed E-state index contributed by atoms with van der Waals surface area (Å²) in [5, 5.41) is 2.70. The predicted octanol–water partition coefficient (Wildman–Crippen LogP) is 1.73. The Bertz CT molecular complexity index is 510. The fraction of sp³-hybridized carbons (Fsp3) is 0.500. The molecular formula is C16H20N2O2. The highest BCUT2D eigenvalue weighted by atomic mass is 16.2. The number of rotatable bonds is 4. The summed E-state index contributed by atoms with van der Waals surface area (Å²) >= 11 is 0. The van der Waals surface area contributed by atoms with Crippen molar-refractivity contribution in [3.05, 3.63) is 35.9 Å². The predicted molar refractivity (Wildman–Crippen MR) is 75.8 cm³/mol. The minimum absolute atomic E-state index is 0.0194. The molecule has 1 saturated carbocycles. The first-order valence-corrected chi connectivity index (χ1v) is 7.29. The number of nitrogens with zero attached hydrogens (tertiary/aromatic N) is 1. The van der Waals surface area contributed by atoms with Crippen molar-refractivity contribution in [2.24, 2.45) is 11.8 Å². The quantitative estimate of drug-likeness (QED) is 0.907. The fourth-order valence-corrected chi connectivity index (χ4v) is 2.94. The van der Waals surface area contributed by atoms with Crippen LogP contribution in [0.25, 0.3) is 0 Å². The van der Waals surface area contributed by atoms with Crippen LogP contribution in [0.3, 0.4) is 0 Å². The van der Waals surface area contributed by atoms with Crippen LogP contribution < -0.4 is 5.32 Å². The summed E-state index contributed by atoms with van der Waals surface area (Å²) in [6.07, 6.45) is 2.51. The van der Waals surface area contributed by atoms with Gasteiger partial charge in [0.05, 0.1) is 6.54 Å². The van der Waals surface area contributed by atoms with Crippen molar-refractivity contribution in [3.8, 4) is 0 Å². The van der Waals surface area contributed by atoms with E-state index in [-0.39, 0.29) is 18.4 Å². The van der Waals surface area contributed by atoms with Gasteiger partial charge in [-0.05, 0) is 30.2 Å². The molecule has 1 aliphatic carbocycles. The first-order valence-electron chi connectivity index (χ1n) is 7.29. The lowest BCUT2D eigenvalue weighted by Crippen LogP contribution is -2.54. The average molecular weight is 272 g/mol. The van der Waals surface area contributed by atoms with E-state index in [1.807, 2.05) is 30.3 Å². The van der Waals surface area contributed by atoms with E-state index in [4.69, 9.17) is 0 Å². The van der Waals surface area contributed by atoms with E-state index in [9.17, 15) is 9.59 Å². The zero-order valence-corrected chi connectivity index (χ0v) is 11.7. The van der Waals surface area contributed by atoms with Crippen LogP contribution in [-0.2, 0) is 9.59 Å². The Balaban J connectivity index is 1.85. The maximum atomic E-state index is 12.2. The van der Waals surface area contributed by atoms with E-state index in [1.165, 1.54) is 12.8 Å². The maximum absolute atomic E-state index is 12.2. The van der Waals surface area contributed by atoms with Gasteiger partial charge in [-0.15, -0.1) is 0 Å². The molecular weight excluding hydrogens is 252 g/mol. The molecule has 1 aromatic rings. The maximum Gasteiger partial charge on any atom is 0.247 e. The van der Waals surface area contributed by atoms with E-state index in [2.05, 4.69) is 12.2 Å². The van der Waals surface area contributed by atoms with Crippen molar-refractivity contribution in [2.75, 3.05) is 13.1 Å². The highest BCUT2D eigenvalue weighted by Crippen LogP contribution is 2.38. The number of nitrogens with one attached hydrogen (secondary N) is 1. The number of benzene rings is 1. The van der Waals surface area contributed by atoms with Crippen LogP contribution in [0, 0.1) is 11.8 Å². The van der Waals surface area contributed by atoms with Gasteiger partial charge in [0.25, 0.3) is 0 Å². The lowest BCUT2D eigenvalue weighted by molar-refractivity contribution is -0.146. The summed E-state index contributed by atoms with van der Waals surface area (Å²) in [5.41, 5.74) is 0.890. The van der Waals surface area contributed by atoms with Crippen LogP contribution >= 0.6 is 0 Å². The normalized spacial score (nSPS) is 24.4. The standard InChI is InChI=1S/C16H20N2O2/c1-11(12-7-8-12)10-18-14(19)9-17-16(20)15(18)13-5-3-2-4-6-13/h2-6,11-12,15H,7-10H2,1H3,(H,17,20). The molecule has 0 aromatic heterocycles. The summed E-state index contributed by atoms with van der Waals surface area (Å²) in [7, 11) is 0. The Morgan fingerprint density at radius 2 is 1.95 bits per heavy atom. The number of carbonyl (C=O) groups is 2. The van der Waals surface area contributed by atoms with Gasteiger partial charge in [-0.2, -0.15) is 0 Å². The van der Waals surface area contributed by atoms with E-state index < -0.39 is 6.04 Å². The molecule has 1 aliphatic heterocycles. The molecule has 4 nitrogen and oxygen atoms in total. The summed E-state index contributed by atoms with van der Waals surface area (Å²) in [6.45, 7) is 2.98. The molecule has 0 bridgehead atoms. The Hall–Kier alpha value is -1.84. The summed E-state index contributed by atoms with van der Waals surface area (Å²) < 4.78 is 0. The van der Waals surface area contributed by atoms with Crippen LogP contribution in [0.4, 0.5) is 0 Å². The molecule has 2 amide bonds. The van der Waals surface area contributed by atoms with Crippen molar-refractivity contribution < 1.29 is 9.59 Å². The van der Waals surface area contributed by atoms with Gasteiger partial charge in [-0.3, -0.25) is 9.59 Å². The average Bonchev–Trinajstić information content (AvgIpc) is 3.28. The van der Waals surface area contributed by atoms with Crippen LogP contribution in [0.15, 0.2) is 30.3 Å². The Kier molecular flexibility index (Phi) is 3.47. The molecule has 2 atom stereocenters. The third-order valence-electron chi connectivity index (χ3n) is 4.32. The Morgan fingerprint density at radius 3 is 2.60 bits per heavy atom. The monoisotopic (exact) mass is 272 g/mol. The second-order valence-corrected chi connectivity index (χ2v) is 5.89. The van der Waals surface area contributed by atoms with E-state index in [0.29, 0.717) is 12.5 Å². The van der Waals surface area contributed by atoms with Gasteiger partial charge in [0.15, 0.2) is 0 Å². The van der Waals surface area contributed by atoms with Gasteiger partial charge in [-0.25, -0.2) is 0 Å². The molecule has 3 rings (SSSR count). The van der Waals surface area contributed by atoms with Crippen molar-refractivity contribution in [3.63, 3.8) is 0 Å². The number of carbonyl (C=O) groups excluding carboxylic acids is 2. The number of hydrogen-bond donors (Lipinski definition) is 1. The minimum atomic E-state index is -0.473. The highest BCUT2D eigenvalue weighted by Gasteiger charge is 2.38. The molecule has 2 aliphatic rings. The first-order chi connectivity index (χ1) is 9.66. The van der Waals surface area contributed by atoms with Gasteiger partial charge in [-0.1, -0.05) is 37.3 Å². The van der Waals surface area contributed by atoms with Crippen LogP contribution in [0.5, 0.6) is 0 Å². The second kappa shape index (κ2) is 5.27. The van der Waals surface area contributed by atoms with E-state index in [1.54, 1.807) is 4.90 Å². The van der Waals surface area contributed by atoms with Crippen molar-refractivity contribution in [1.82, 2.24) is 10.2 Å². The zero-order valence-electron chi connectivity index (χ0n) is 11.7. The molecule has 1 N–H and O–H groups in total. The molecule has 106 valence electrons. The van der Waals surface area contributed by atoms with Crippen molar-refractivity contribution in [2.45, 2.75) is 25.8 Å². The van der Waals surface area contributed by atoms with Crippen LogP contribution in [-0.4, -0.2) is 29.8 Å².